The quantitative estimate of drug-likeness (QED) is 0.563. The van der Waals surface area contributed by atoms with Crippen LogP contribution < -0.4 is 0 Å². The Morgan fingerprint density at radius 2 is 1.93 bits per heavy atom. The van der Waals surface area contributed by atoms with Crippen molar-refractivity contribution in [3.63, 3.8) is 0 Å². The second kappa shape index (κ2) is 7.00. The predicted molar refractivity (Wildman–Crippen MR) is 108 cm³/mol. The van der Waals surface area contributed by atoms with Crippen LogP contribution in [-0.4, -0.2) is 38.3 Å². The minimum atomic E-state index is -0.401. The first-order valence-corrected chi connectivity index (χ1v) is 10.3. The Morgan fingerprint density at radius 1 is 1.07 bits per heavy atom. The van der Waals surface area contributed by atoms with Gasteiger partial charge in [0.1, 0.15) is 0 Å². The Balaban J connectivity index is 1.36. The summed E-state index contributed by atoms with van der Waals surface area (Å²) in [5.41, 5.74) is 7.81. The molecule has 0 amide bonds. The van der Waals surface area contributed by atoms with Crippen LogP contribution in [0.15, 0.2) is 46.3 Å². The first-order chi connectivity index (χ1) is 13.7. The topological polar surface area (TPSA) is 75.3 Å². The van der Waals surface area contributed by atoms with Crippen molar-refractivity contribution in [3.8, 4) is 17.5 Å². The van der Waals surface area contributed by atoms with Crippen LogP contribution in [0, 0.1) is 0 Å². The van der Waals surface area contributed by atoms with Crippen LogP contribution in [0.5, 0.6) is 6.08 Å². The third kappa shape index (κ3) is 3.16. The molecule has 0 fully saturated rings. The van der Waals surface area contributed by atoms with E-state index in [-0.39, 0.29) is 0 Å². The van der Waals surface area contributed by atoms with Gasteiger partial charge in [-0.3, -0.25) is 4.90 Å². The van der Waals surface area contributed by atoms with Gasteiger partial charge in [-0.2, -0.15) is 0 Å². The van der Waals surface area contributed by atoms with Gasteiger partial charge in [0.05, 0.1) is 15.7 Å². The molecule has 0 aliphatic carbocycles. The van der Waals surface area contributed by atoms with Crippen molar-refractivity contribution in [3.05, 3.63) is 58.6 Å². The highest BCUT2D eigenvalue weighted by Crippen LogP contribution is 2.29. The molecule has 1 aliphatic rings. The fraction of sp³-hybridized carbons (Fsp3) is 0.286. The van der Waals surface area contributed by atoms with Gasteiger partial charge in [-0.05, 0) is 60.7 Å². The van der Waals surface area contributed by atoms with Crippen molar-refractivity contribution in [1.29, 1.82) is 0 Å². The molecule has 0 unspecified atom stereocenters. The molecule has 0 spiro atoms. The molecule has 5 rings (SSSR count). The fourth-order valence-electron chi connectivity index (χ4n) is 3.94. The summed E-state index contributed by atoms with van der Waals surface area (Å²) in [4.78, 5) is 6.99. The Labute approximate surface area is 166 Å². The largest absolute Gasteiger partial charge is 0.465 e. The van der Waals surface area contributed by atoms with Crippen LogP contribution >= 0.6 is 11.3 Å². The third-order valence-electron chi connectivity index (χ3n) is 5.59. The first-order valence-electron chi connectivity index (χ1n) is 9.39. The van der Waals surface area contributed by atoms with Crippen molar-refractivity contribution in [2.24, 2.45) is 0 Å². The number of hydrogen-bond acceptors (Lipinski definition) is 7. The number of hydrogen-bond donors (Lipinski definition) is 1. The lowest BCUT2D eigenvalue weighted by molar-refractivity contribution is 0.221. The molecular weight excluding hydrogens is 372 g/mol. The van der Waals surface area contributed by atoms with E-state index in [9.17, 15) is 5.11 Å². The maximum Gasteiger partial charge on any atom is 0.412 e. The summed E-state index contributed by atoms with van der Waals surface area (Å²) in [5.74, 6) is 0.353. The molecule has 0 saturated carbocycles. The van der Waals surface area contributed by atoms with E-state index < -0.39 is 6.08 Å². The first kappa shape index (κ1) is 17.3. The maximum atomic E-state index is 9.30. The van der Waals surface area contributed by atoms with Gasteiger partial charge in [0.15, 0.2) is 0 Å². The normalized spacial score (nSPS) is 16.0. The second-order valence-corrected chi connectivity index (χ2v) is 8.05. The molecule has 0 bridgehead atoms. The molecule has 28 heavy (non-hydrogen) atoms. The molecule has 3 heterocycles. The lowest BCUT2D eigenvalue weighted by Gasteiger charge is -2.28. The molecule has 6 nitrogen and oxygen atoms in total. The molecule has 1 N–H and O–H groups in total. The molecule has 0 radical (unpaired) electrons. The summed E-state index contributed by atoms with van der Waals surface area (Å²) < 4.78 is 6.39. The van der Waals surface area contributed by atoms with Gasteiger partial charge in [0, 0.05) is 24.7 Å². The Kier molecular flexibility index (Phi) is 4.33. The van der Waals surface area contributed by atoms with E-state index in [0.717, 1.165) is 37.0 Å². The highest BCUT2D eigenvalue weighted by molar-refractivity contribution is 7.16. The number of aromatic nitrogens is 3. The van der Waals surface area contributed by atoms with Crippen LogP contribution in [0.3, 0.4) is 0 Å². The average Bonchev–Trinajstić information content (AvgIpc) is 3.30. The van der Waals surface area contributed by atoms with E-state index >= 15 is 0 Å². The van der Waals surface area contributed by atoms with Crippen molar-refractivity contribution in [2.45, 2.75) is 25.8 Å². The SMILES string of the molecule is C[C@H](c1ccc2scnc2c1)N1CCc2ccc(-c3nnc(O)o3)cc2CC1. The van der Waals surface area contributed by atoms with Gasteiger partial charge in [0.25, 0.3) is 5.89 Å². The lowest BCUT2D eigenvalue weighted by Crippen LogP contribution is -2.29. The number of benzene rings is 2. The van der Waals surface area contributed by atoms with E-state index in [2.05, 4.69) is 57.3 Å². The van der Waals surface area contributed by atoms with E-state index in [1.54, 1.807) is 11.3 Å². The maximum absolute atomic E-state index is 9.30. The summed E-state index contributed by atoms with van der Waals surface area (Å²) in [5, 5.41) is 16.7. The smallest absolute Gasteiger partial charge is 0.412 e. The molecule has 2 aromatic carbocycles. The molecule has 1 atom stereocenters. The summed E-state index contributed by atoms with van der Waals surface area (Å²) >= 11 is 1.68. The van der Waals surface area contributed by atoms with Crippen LogP contribution in [0.1, 0.15) is 29.7 Å². The zero-order valence-corrected chi connectivity index (χ0v) is 16.3. The number of fused-ring (bicyclic) bond motifs is 2. The zero-order valence-electron chi connectivity index (χ0n) is 15.5. The van der Waals surface area contributed by atoms with Gasteiger partial charge >= 0.3 is 6.08 Å². The van der Waals surface area contributed by atoms with Gasteiger partial charge in [-0.25, -0.2) is 4.98 Å². The van der Waals surface area contributed by atoms with Crippen LogP contribution in [0.25, 0.3) is 21.7 Å². The third-order valence-corrected chi connectivity index (χ3v) is 6.40. The van der Waals surface area contributed by atoms with Crippen molar-refractivity contribution in [2.75, 3.05) is 13.1 Å². The monoisotopic (exact) mass is 392 g/mol. The summed E-state index contributed by atoms with van der Waals surface area (Å²) in [6, 6.07) is 13.2. The average molecular weight is 392 g/mol. The predicted octanol–water partition coefficient (Wildman–Crippen LogP) is 4.21. The number of nitrogens with zero attached hydrogens (tertiary/aromatic N) is 4. The minimum Gasteiger partial charge on any atom is -0.465 e. The van der Waals surface area contributed by atoms with Gasteiger partial charge < -0.3 is 9.52 Å². The van der Waals surface area contributed by atoms with Crippen LogP contribution in [0.2, 0.25) is 0 Å². The number of aromatic hydroxyl groups is 1. The lowest BCUT2D eigenvalue weighted by atomic mass is 10.00. The minimum absolute atomic E-state index is 0.341. The summed E-state index contributed by atoms with van der Waals surface area (Å²) in [6.45, 7) is 4.28. The van der Waals surface area contributed by atoms with Crippen LogP contribution in [0.4, 0.5) is 0 Å². The number of thiazole rings is 1. The van der Waals surface area contributed by atoms with Crippen molar-refractivity contribution in [1.82, 2.24) is 20.1 Å². The van der Waals surface area contributed by atoms with Gasteiger partial charge in [-0.15, -0.1) is 16.4 Å². The Hall–Kier alpha value is -2.77. The molecular formula is C21H20N4O2S. The van der Waals surface area contributed by atoms with Crippen LogP contribution in [-0.2, 0) is 12.8 Å². The van der Waals surface area contributed by atoms with E-state index in [0.29, 0.717) is 11.9 Å². The Bertz CT molecular complexity index is 1140. The molecule has 2 aromatic heterocycles. The zero-order chi connectivity index (χ0) is 19.1. The molecule has 4 aromatic rings. The standard InChI is InChI=1S/C21H20N4O2S/c1-13(15-4-5-19-18(11-15)22-12-28-19)25-8-6-14-2-3-17(10-16(14)7-9-25)20-23-24-21(26)27-20/h2-5,10-13H,6-9H2,1H3,(H,24,26)/t13-/m1/s1. The highest BCUT2D eigenvalue weighted by Gasteiger charge is 2.21. The van der Waals surface area contributed by atoms with Gasteiger partial charge in [0.2, 0.25) is 0 Å². The summed E-state index contributed by atoms with van der Waals surface area (Å²) in [7, 11) is 0. The Morgan fingerprint density at radius 3 is 2.75 bits per heavy atom. The second-order valence-electron chi connectivity index (χ2n) is 7.16. The molecule has 1 aliphatic heterocycles. The van der Waals surface area contributed by atoms with Gasteiger partial charge in [-0.1, -0.05) is 17.2 Å². The highest BCUT2D eigenvalue weighted by atomic mass is 32.1. The molecule has 0 saturated heterocycles. The molecule has 142 valence electrons. The van der Waals surface area contributed by atoms with Crippen molar-refractivity contribution < 1.29 is 9.52 Å². The number of rotatable bonds is 3. The van der Waals surface area contributed by atoms with E-state index in [1.807, 2.05) is 11.6 Å². The van der Waals surface area contributed by atoms with E-state index in [1.165, 1.54) is 21.4 Å². The van der Waals surface area contributed by atoms with E-state index in [4.69, 9.17) is 4.42 Å². The summed E-state index contributed by atoms with van der Waals surface area (Å²) in [6.07, 6.45) is 1.57. The van der Waals surface area contributed by atoms with Crippen molar-refractivity contribution >= 4 is 21.6 Å². The fourth-order valence-corrected chi connectivity index (χ4v) is 4.60. The molecule has 7 heteroatoms.